The van der Waals surface area contributed by atoms with Gasteiger partial charge in [-0.1, -0.05) is 57.2 Å². The lowest BCUT2D eigenvalue weighted by Crippen LogP contribution is -2.40. The third kappa shape index (κ3) is 3.65. The molecule has 1 aliphatic heterocycles. The first kappa shape index (κ1) is 16.5. The van der Waals surface area contributed by atoms with Crippen molar-refractivity contribution in [1.29, 1.82) is 0 Å². The first-order valence-electron chi connectivity index (χ1n) is 7.79. The maximum Gasteiger partial charge on any atom is 0.162 e. The summed E-state index contributed by atoms with van der Waals surface area (Å²) in [5.41, 5.74) is 2.20. The van der Waals surface area contributed by atoms with E-state index in [2.05, 4.69) is 31.5 Å². The largest absolute Gasteiger partial charge is 0.381 e. The number of unbranched alkanes of at least 4 members (excludes halogenated alkanes) is 1. The van der Waals surface area contributed by atoms with E-state index in [1.54, 1.807) is 18.2 Å². The average molecular weight is 303 g/mol. The molecule has 1 aromatic rings. The Morgan fingerprint density at radius 1 is 1.32 bits per heavy atom. The Labute approximate surface area is 131 Å². The number of nitrogens with one attached hydrogen (secondary N) is 1. The molecule has 3 heteroatoms. The lowest BCUT2D eigenvalue weighted by Gasteiger charge is -2.33. The van der Waals surface area contributed by atoms with E-state index in [-0.39, 0.29) is 12.0 Å². The van der Waals surface area contributed by atoms with Crippen molar-refractivity contribution >= 4 is 0 Å². The van der Waals surface area contributed by atoms with Crippen molar-refractivity contribution in [2.45, 2.75) is 38.6 Å². The SMILES string of the molecule is C=CC1=CC(CCCC)C(Cc2cccc(F)c2F)NC1=C. The third-order valence-corrected chi connectivity index (χ3v) is 4.20. The number of rotatable bonds is 6. The van der Waals surface area contributed by atoms with Gasteiger partial charge in [-0.2, -0.15) is 0 Å². The minimum absolute atomic E-state index is 0.0269. The quantitative estimate of drug-likeness (QED) is 0.787. The lowest BCUT2D eigenvalue weighted by molar-refractivity contribution is 0.385. The summed E-state index contributed by atoms with van der Waals surface area (Å²) in [6.07, 6.45) is 7.60. The summed E-state index contributed by atoms with van der Waals surface area (Å²) in [7, 11) is 0. The molecular weight excluding hydrogens is 280 g/mol. The maximum atomic E-state index is 13.9. The van der Waals surface area contributed by atoms with Gasteiger partial charge in [0, 0.05) is 11.7 Å². The van der Waals surface area contributed by atoms with Gasteiger partial charge in [0.1, 0.15) is 0 Å². The molecule has 0 radical (unpaired) electrons. The molecule has 1 N–H and O–H groups in total. The monoisotopic (exact) mass is 303 g/mol. The Bertz CT molecular complexity index is 589. The molecule has 0 saturated carbocycles. The summed E-state index contributed by atoms with van der Waals surface area (Å²) in [5.74, 6) is -1.27. The van der Waals surface area contributed by atoms with Crippen LogP contribution in [0.4, 0.5) is 8.78 Å². The van der Waals surface area contributed by atoms with Gasteiger partial charge in [-0.25, -0.2) is 8.78 Å². The Morgan fingerprint density at radius 3 is 2.77 bits per heavy atom. The van der Waals surface area contributed by atoms with Crippen molar-refractivity contribution in [2.24, 2.45) is 5.92 Å². The molecule has 2 unspecified atom stereocenters. The van der Waals surface area contributed by atoms with Gasteiger partial charge in [0.2, 0.25) is 0 Å². The van der Waals surface area contributed by atoms with E-state index in [1.807, 2.05) is 0 Å². The molecule has 1 nitrogen and oxygen atoms in total. The highest BCUT2D eigenvalue weighted by Crippen LogP contribution is 2.28. The van der Waals surface area contributed by atoms with E-state index in [0.29, 0.717) is 12.0 Å². The number of halogens is 2. The van der Waals surface area contributed by atoms with Crippen LogP contribution in [-0.2, 0) is 6.42 Å². The molecule has 0 bridgehead atoms. The summed E-state index contributed by atoms with van der Waals surface area (Å²) in [5, 5.41) is 3.35. The van der Waals surface area contributed by atoms with Gasteiger partial charge >= 0.3 is 0 Å². The third-order valence-electron chi connectivity index (χ3n) is 4.20. The Morgan fingerprint density at radius 2 is 2.09 bits per heavy atom. The van der Waals surface area contributed by atoms with Crippen LogP contribution >= 0.6 is 0 Å². The molecule has 0 saturated heterocycles. The van der Waals surface area contributed by atoms with Crippen LogP contribution in [0.15, 0.2) is 54.8 Å². The molecule has 118 valence electrons. The summed E-state index contributed by atoms with van der Waals surface area (Å²) < 4.78 is 27.3. The summed E-state index contributed by atoms with van der Waals surface area (Å²) in [6.45, 7) is 9.95. The molecule has 0 aliphatic carbocycles. The zero-order valence-corrected chi connectivity index (χ0v) is 13.0. The van der Waals surface area contributed by atoms with Gasteiger partial charge in [-0.3, -0.25) is 0 Å². The highest BCUT2D eigenvalue weighted by Gasteiger charge is 2.26. The molecule has 1 aromatic carbocycles. The molecule has 2 atom stereocenters. The number of benzene rings is 1. The van der Waals surface area contributed by atoms with Crippen LogP contribution in [0.5, 0.6) is 0 Å². The van der Waals surface area contributed by atoms with Crippen molar-refractivity contribution in [3.8, 4) is 0 Å². The lowest BCUT2D eigenvalue weighted by atomic mass is 9.84. The van der Waals surface area contributed by atoms with Gasteiger partial charge in [-0.05, 0) is 36.0 Å². The van der Waals surface area contributed by atoms with Gasteiger partial charge in [0.05, 0.1) is 0 Å². The maximum absolute atomic E-state index is 13.9. The van der Waals surface area contributed by atoms with Crippen molar-refractivity contribution in [1.82, 2.24) is 5.32 Å². The van der Waals surface area contributed by atoms with Crippen molar-refractivity contribution in [3.63, 3.8) is 0 Å². The van der Waals surface area contributed by atoms with E-state index < -0.39 is 11.6 Å². The van der Waals surface area contributed by atoms with E-state index in [4.69, 9.17) is 0 Å². The van der Waals surface area contributed by atoms with Crippen LogP contribution < -0.4 is 5.32 Å². The van der Waals surface area contributed by atoms with Crippen LogP contribution in [0.3, 0.4) is 0 Å². The van der Waals surface area contributed by atoms with Gasteiger partial charge in [-0.15, -0.1) is 0 Å². The number of allylic oxidation sites excluding steroid dienone is 1. The zero-order chi connectivity index (χ0) is 16.1. The topological polar surface area (TPSA) is 12.0 Å². The fraction of sp³-hybridized carbons (Fsp3) is 0.368. The normalized spacial score (nSPS) is 21.2. The van der Waals surface area contributed by atoms with Gasteiger partial charge in [0.25, 0.3) is 0 Å². The van der Waals surface area contributed by atoms with Gasteiger partial charge < -0.3 is 5.32 Å². The summed E-state index contributed by atoms with van der Waals surface area (Å²) >= 11 is 0. The molecule has 22 heavy (non-hydrogen) atoms. The predicted octanol–water partition coefficient (Wildman–Crippen LogP) is 4.91. The minimum Gasteiger partial charge on any atom is -0.381 e. The predicted molar refractivity (Wildman–Crippen MR) is 87.4 cm³/mol. The van der Waals surface area contributed by atoms with E-state index in [0.717, 1.165) is 36.6 Å². The van der Waals surface area contributed by atoms with Crippen LogP contribution in [0.1, 0.15) is 31.7 Å². The average Bonchev–Trinajstić information content (AvgIpc) is 2.51. The van der Waals surface area contributed by atoms with Crippen molar-refractivity contribution < 1.29 is 8.78 Å². The van der Waals surface area contributed by atoms with Crippen LogP contribution in [0.25, 0.3) is 0 Å². The van der Waals surface area contributed by atoms with Crippen molar-refractivity contribution in [3.05, 3.63) is 72.0 Å². The molecule has 0 amide bonds. The first-order chi connectivity index (χ1) is 10.6. The highest BCUT2D eigenvalue weighted by molar-refractivity contribution is 5.40. The van der Waals surface area contributed by atoms with E-state index in [9.17, 15) is 8.78 Å². The minimum atomic E-state index is -0.792. The summed E-state index contributed by atoms with van der Waals surface area (Å²) in [6, 6.07) is 4.37. The Kier molecular flexibility index (Phi) is 5.53. The van der Waals surface area contributed by atoms with Gasteiger partial charge in [0.15, 0.2) is 11.6 Å². The fourth-order valence-electron chi connectivity index (χ4n) is 2.92. The second-order valence-electron chi connectivity index (χ2n) is 5.78. The van der Waals surface area contributed by atoms with Crippen LogP contribution in [0.2, 0.25) is 0 Å². The number of hydrogen-bond acceptors (Lipinski definition) is 1. The Hall–Kier alpha value is -1.90. The highest BCUT2D eigenvalue weighted by atomic mass is 19.2. The fourth-order valence-corrected chi connectivity index (χ4v) is 2.92. The van der Waals surface area contributed by atoms with E-state index in [1.165, 1.54) is 0 Å². The second-order valence-corrected chi connectivity index (χ2v) is 5.78. The van der Waals surface area contributed by atoms with Crippen molar-refractivity contribution in [2.75, 3.05) is 0 Å². The van der Waals surface area contributed by atoms with Crippen LogP contribution in [-0.4, -0.2) is 6.04 Å². The zero-order valence-electron chi connectivity index (χ0n) is 13.0. The number of hydrogen-bond donors (Lipinski definition) is 1. The molecule has 1 aliphatic rings. The Balaban J connectivity index is 2.23. The van der Waals surface area contributed by atoms with Crippen LogP contribution in [0, 0.1) is 17.6 Å². The molecular formula is C19H23F2N. The summed E-state index contributed by atoms with van der Waals surface area (Å²) in [4.78, 5) is 0. The molecule has 0 aromatic heterocycles. The first-order valence-corrected chi connectivity index (χ1v) is 7.79. The smallest absolute Gasteiger partial charge is 0.162 e. The standard InChI is InChI=1S/C19H23F2N/c1-4-6-8-15-11-14(5-2)13(3)22-18(15)12-16-9-7-10-17(20)19(16)21/h5,7,9-11,15,18,22H,2-4,6,8,12H2,1H3. The molecule has 0 spiro atoms. The molecule has 1 heterocycles. The molecule has 2 rings (SSSR count). The molecule has 0 fully saturated rings. The second kappa shape index (κ2) is 7.39. The van der Waals surface area contributed by atoms with E-state index >= 15 is 0 Å².